The fourth-order valence-corrected chi connectivity index (χ4v) is 1.50. The Labute approximate surface area is 111 Å². The van der Waals surface area contributed by atoms with Crippen LogP contribution in [0.3, 0.4) is 0 Å². The van der Waals surface area contributed by atoms with Gasteiger partial charge in [-0.05, 0) is 37.1 Å². The number of rotatable bonds is 4. The summed E-state index contributed by atoms with van der Waals surface area (Å²) in [5, 5.41) is 0. The lowest BCUT2D eigenvalue weighted by atomic mass is 9.98. The fraction of sp³-hybridized carbons (Fsp3) is 0.417. The molecule has 0 bridgehead atoms. The molecule has 2 N–H and O–H groups in total. The number of carbonyl (C=O) groups excluding carboxylic acids is 1. The van der Waals surface area contributed by atoms with Crippen LogP contribution in [0.4, 0.5) is 8.78 Å². The Kier molecular flexibility index (Phi) is 6.80. The van der Waals surface area contributed by atoms with E-state index in [1.807, 2.05) is 0 Å². The number of benzene rings is 1. The topological polar surface area (TPSA) is 52.3 Å². The molecular weight excluding hydrogens is 264 g/mol. The summed E-state index contributed by atoms with van der Waals surface area (Å²) < 4.78 is 31.2. The molecule has 1 aromatic carbocycles. The lowest BCUT2D eigenvalue weighted by Gasteiger charge is -2.17. The Morgan fingerprint density at radius 3 is 2.67 bits per heavy atom. The highest BCUT2D eigenvalue weighted by Gasteiger charge is 2.28. The van der Waals surface area contributed by atoms with Crippen LogP contribution in [-0.2, 0) is 9.53 Å². The van der Waals surface area contributed by atoms with Gasteiger partial charge < -0.3 is 10.5 Å². The third-order valence-corrected chi connectivity index (χ3v) is 2.43. The van der Waals surface area contributed by atoms with Gasteiger partial charge in [0.2, 0.25) is 6.17 Å². The van der Waals surface area contributed by atoms with Gasteiger partial charge in [0.15, 0.2) is 0 Å². The number of hydrogen-bond acceptors (Lipinski definition) is 3. The number of esters is 1. The highest BCUT2D eigenvalue weighted by atomic mass is 35.5. The molecule has 1 unspecified atom stereocenters. The molecule has 1 rings (SSSR count). The standard InChI is InChI=1S/C12H15F2NO2.ClH/c1-3-17-12(16)10(14)11(15)9-6-8(13)5-4-7(9)2;/h4-6,10-11H,3,15H2,1-2H3;1H/t10?,11-;/m0./s1. The van der Waals surface area contributed by atoms with E-state index in [1.165, 1.54) is 12.1 Å². The van der Waals surface area contributed by atoms with E-state index in [1.54, 1.807) is 13.8 Å². The van der Waals surface area contributed by atoms with Crippen molar-refractivity contribution in [2.24, 2.45) is 5.73 Å². The number of hydrogen-bond donors (Lipinski definition) is 1. The zero-order valence-electron chi connectivity index (χ0n) is 10.2. The monoisotopic (exact) mass is 279 g/mol. The van der Waals surface area contributed by atoms with Gasteiger partial charge in [0.25, 0.3) is 0 Å². The van der Waals surface area contributed by atoms with E-state index in [-0.39, 0.29) is 24.6 Å². The van der Waals surface area contributed by atoms with Crippen LogP contribution in [0.5, 0.6) is 0 Å². The van der Waals surface area contributed by atoms with Crippen LogP contribution in [0, 0.1) is 12.7 Å². The fourth-order valence-electron chi connectivity index (χ4n) is 1.50. The van der Waals surface area contributed by atoms with Gasteiger partial charge in [-0.2, -0.15) is 0 Å². The Hall–Kier alpha value is -1.20. The van der Waals surface area contributed by atoms with Crippen LogP contribution in [0.2, 0.25) is 0 Å². The maximum Gasteiger partial charge on any atom is 0.342 e. The maximum absolute atomic E-state index is 13.7. The van der Waals surface area contributed by atoms with Crippen molar-refractivity contribution in [1.82, 2.24) is 0 Å². The van der Waals surface area contributed by atoms with Gasteiger partial charge in [-0.25, -0.2) is 13.6 Å². The molecule has 0 aromatic heterocycles. The van der Waals surface area contributed by atoms with Gasteiger partial charge in [-0.1, -0.05) is 6.07 Å². The normalized spacial score (nSPS) is 13.4. The average Bonchev–Trinajstić information content (AvgIpc) is 2.30. The molecule has 0 heterocycles. The Morgan fingerprint density at radius 1 is 1.50 bits per heavy atom. The maximum atomic E-state index is 13.7. The molecule has 2 atom stereocenters. The molecule has 18 heavy (non-hydrogen) atoms. The van der Waals surface area contributed by atoms with E-state index in [9.17, 15) is 13.6 Å². The summed E-state index contributed by atoms with van der Waals surface area (Å²) in [7, 11) is 0. The molecule has 0 saturated carbocycles. The molecule has 1 aromatic rings. The van der Waals surface area contributed by atoms with Crippen molar-refractivity contribution in [2.75, 3.05) is 6.61 Å². The van der Waals surface area contributed by atoms with E-state index < -0.39 is 24.0 Å². The molecule has 0 spiro atoms. The third-order valence-electron chi connectivity index (χ3n) is 2.43. The van der Waals surface area contributed by atoms with Crippen molar-refractivity contribution < 1.29 is 18.3 Å². The summed E-state index contributed by atoms with van der Waals surface area (Å²) in [6, 6.07) is 2.65. The summed E-state index contributed by atoms with van der Waals surface area (Å²) in [5.41, 5.74) is 6.50. The largest absolute Gasteiger partial charge is 0.464 e. The van der Waals surface area contributed by atoms with Crippen molar-refractivity contribution in [3.63, 3.8) is 0 Å². The first-order valence-corrected chi connectivity index (χ1v) is 5.29. The summed E-state index contributed by atoms with van der Waals surface area (Å²) in [5.74, 6) is -1.54. The molecule has 6 heteroatoms. The summed E-state index contributed by atoms with van der Waals surface area (Å²) >= 11 is 0. The van der Waals surface area contributed by atoms with Crippen molar-refractivity contribution in [2.45, 2.75) is 26.1 Å². The Bertz CT molecular complexity index is 415. The molecule has 0 aliphatic carbocycles. The number of halogens is 3. The summed E-state index contributed by atoms with van der Waals surface area (Å²) in [6.07, 6.45) is -1.99. The van der Waals surface area contributed by atoms with Crippen LogP contribution in [0.1, 0.15) is 24.1 Å². The molecule has 102 valence electrons. The zero-order chi connectivity index (χ0) is 13.0. The first kappa shape index (κ1) is 16.8. The number of alkyl halides is 1. The van der Waals surface area contributed by atoms with Crippen molar-refractivity contribution in [3.8, 4) is 0 Å². The van der Waals surface area contributed by atoms with E-state index >= 15 is 0 Å². The van der Waals surface area contributed by atoms with E-state index in [0.29, 0.717) is 5.56 Å². The van der Waals surface area contributed by atoms with E-state index in [0.717, 1.165) is 6.07 Å². The quantitative estimate of drug-likeness (QED) is 0.862. The molecule has 0 saturated heterocycles. The number of carbonyl (C=O) groups is 1. The third kappa shape index (κ3) is 3.92. The van der Waals surface area contributed by atoms with Crippen molar-refractivity contribution in [1.29, 1.82) is 0 Å². The van der Waals surface area contributed by atoms with Gasteiger partial charge in [0.1, 0.15) is 5.82 Å². The van der Waals surface area contributed by atoms with Gasteiger partial charge >= 0.3 is 5.97 Å². The number of ether oxygens (including phenoxy) is 1. The van der Waals surface area contributed by atoms with Crippen LogP contribution in [-0.4, -0.2) is 18.7 Å². The molecule has 0 amide bonds. The molecule has 0 radical (unpaired) electrons. The summed E-state index contributed by atoms with van der Waals surface area (Å²) in [4.78, 5) is 11.2. The Balaban J connectivity index is 0.00000289. The summed E-state index contributed by atoms with van der Waals surface area (Å²) in [6.45, 7) is 3.32. The first-order chi connectivity index (χ1) is 7.97. The predicted octanol–water partition coefficient (Wildman–Crippen LogP) is 2.46. The van der Waals surface area contributed by atoms with Gasteiger partial charge in [0.05, 0.1) is 12.6 Å². The minimum Gasteiger partial charge on any atom is -0.464 e. The van der Waals surface area contributed by atoms with Crippen molar-refractivity contribution in [3.05, 3.63) is 35.1 Å². The molecule has 0 fully saturated rings. The highest BCUT2D eigenvalue weighted by molar-refractivity contribution is 5.85. The Morgan fingerprint density at radius 2 is 2.11 bits per heavy atom. The van der Waals surface area contributed by atoms with Gasteiger partial charge in [-0.3, -0.25) is 0 Å². The van der Waals surface area contributed by atoms with Crippen LogP contribution < -0.4 is 5.73 Å². The zero-order valence-corrected chi connectivity index (χ0v) is 11.0. The van der Waals surface area contributed by atoms with Crippen LogP contribution >= 0.6 is 12.4 Å². The van der Waals surface area contributed by atoms with Crippen LogP contribution in [0.25, 0.3) is 0 Å². The number of nitrogens with two attached hydrogens (primary N) is 1. The highest BCUT2D eigenvalue weighted by Crippen LogP contribution is 2.22. The van der Waals surface area contributed by atoms with E-state index in [4.69, 9.17) is 5.73 Å². The molecule has 0 aliphatic heterocycles. The SMILES string of the molecule is CCOC(=O)C(F)[C@@H](N)c1cc(F)ccc1C.Cl. The molecular formula is C12H16ClF2NO2. The lowest BCUT2D eigenvalue weighted by molar-refractivity contribution is -0.149. The average molecular weight is 280 g/mol. The minimum absolute atomic E-state index is 0. The second-order valence-electron chi connectivity index (χ2n) is 3.68. The smallest absolute Gasteiger partial charge is 0.342 e. The first-order valence-electron chi connectivity index (χ1n) is 5.29. The van der Waals surface area contributed by atoms with Gasteiger partial charge in [0, 0.05) is 0 Å². The van der Waals surface area contributed by atoms with E-state index in [2.05, 4.69) is 4.74 Å². The second kappa shape index (κ2) is 7.28. The van der Waals surface area contributed by atoms with Gasteiger partial charge in [-0.15, -0.1) is 12.4 Å². The predicted molar refractivity (Wildman–Crippen MR) is 66.8 cm³/mol. The molecule has 3 nitrogen and oxygen atoms in total. The van der Waals surface area contributed by atoms with Crippen molar-refractivity contribution >= 4 is 18.4 Å². The number of aryl methyl sites for hydroxylation is 1. The molecule has 0 aliphatic rings. The lowest BCUT2D eigenvalue weighted by Crippen LogP contribution is -2.32. The second-order valence-corrected chi connectivity index (χ2v) is 3.68. The minimum atomic E-state index is -1.99. The van der Waals surface area contributed by atoms with Crippen LogP contribution in [0.15, 0.2) is 18.2 Å².